The molecule has 5 aromatic rings. The second-order valence-electron chi connectivity index (χ2n) is 8.91. The zero-order valence-electron chi connectivity index (χ0n) is 22.3. The normalized spacial score (nSPS) is 11.0. The Labute approximate surface area is 240 Å². The lowest BCUT2D eigenvalue weighted by Crippen LogP contribution is -2.25. The number of para-hydroxylation sites is 2. The average molecular weight is 573 g/mol. The van der Waals surface area contributed by atoms with E-state index in [0.717, 1.165) is 33.5 Å². The molecule has 0 aliphatic heterocycles. The maximum atomic E-state index is 12.8. The fourth-order valence-corrected chi connectivity index (χ4v) is 5.91. The predicted molar refractivity (Wildman–Crippen MR) is 159 cm³/mol. The molecule has 0 aliphatic carbocycles. The molecule has 2 amide bonds. The molecule has 2 heterocycles. The minimum Gasteiger partial charge on any atom is -0.497 e. The fraction of sp³-hybridized carbons (Fsp3) is 0.207. The van der Waals surface area contributed by atoms with Gasteiger partial charge in [-0.2, -0.15) is 0 Å². The number of hydrogen-bond donors (Lipinski definition) is 2. The van der Waals surface area contributed by atoms with Crippen molar-refractivity contribution in [1.82, 2.24) is 25.1 Å². The SMILES string of the molecule is CCc1cccc(C)c1-n1c(CNC(=O)c2ccc(OC)cc2)nnc1SCC(=O)Nc1nc2ccccc2s1. The highest BCUT2D eigenvalue weighted by molar-refractivity contribution is 7.99. The van der Waals surface area contributed by atoms with Crippen LogP contribution in [0.5, 0.6) is 5.75 Å². The highest BCUT2D eigenvalue weighted by Gasteiger charge is 2.20. The molecule has 2 aromatic heterocycles. The lowest BCUT2D eigenvalue weighted by Gasteiger charge is -2.17. The van der Waals surface area contributed by atoms with Crippen LogP contribution in [0.2, 0.25) is 0 Å². The highest BCUT2D eigenvalue weighted by atomic mass is 32.2. The second kappa shape index (κ2) is 12.3. The van der Waals surface area contributed by atoms with Crippen molar-refractivity contribution in [3.63, 3.8) is 0 Å². The number of rotatable bonds is 10. The van der Waals surface area contributed by atoms with Crippen LogP contribution in [0.4, 0.5) is 5.13 Å². The molecule has 5 rings (SSSR count). The number of hydrogen-bond acceptors (Lipinski definition) is 8. The third kappa shape index (κ3) is 6.00. The van der Waals surface area contributed by atoms with E-state index in [1.807, 2.05) is 47.9 Å². The van der Waals surface area contributed by atoms with Crippen molar-refractivity contribution < 1.29 is 14.3 Å². The Hall–Kier alpha value is -4.22. The van der Waals surface area contributed by atoms with Gasteiger partial charge < -0.3 is 15.4 Å². The molecule has 0 atom stereocenters. The van der Waals surface area contributed by atoms with Crippen LogP contribution in [0.3, 0.4) is 0 Å². The van der Waals surface area contributed by atoms with Crippen molar-refractivity contribution in [2.75, 3.05) is 18.2 Å². The first kappa shape index (κ1) is 27.4. The summed E-state index contributed by atoms with van der Waals surface area (Å²) in [5.74, 6) is 0.951. The molecule has 0 saturated heterocycles. The van der Waals surface area contributed by atoms with Gasteiger partial charge >= 0.3 is 0 Å². The molecule has 0 saturated carbocycles. The molecule has 204 valence electrons. The largest absolute Gasteiger partial charge is 0.497 e. The smallest absolute Gasteiger partial charge is 0.251 e. The van der Waals surface area contributed by atoms with Gasteiger partial charge in [-0.15, -0.1) is 10.2 Å². The van der Waals surface area contributed by atoms with Crippen LogP contribution in [0.1, 0.15) is 34.2 Å². The number of benzene rings is 3. The van der Waals surface area contributed by atoms with Gasteiger partial charge in [0.1, 0.15) is 5.75 Å². The molecule has 0 radical (unpaired) electrons. The Balaban J connectivity index is 1.36. The van der Waals surface area contributed by atoms with Gasteiger partial charge in [-0.3, -0.25) is 14.2 Å². The van der Waals surface area contributed by atoms with E-state index in [4.69, 9.17) is 4.74 Å². The van der Waals surface area contributed by atoms with E-state index in [9.17, 15) is 9.59 Å². The quantitative estimate of drug-likeness (QED) is 0.215. The molecule has 40 heavy (non-hydrogen) atoms. The molecular formula is C29H28N6O3S2. The summed E-state index contributed by atoms with van der Waals surface area (Å²) in [7, 11) is 1.58. The summed E-state index contributed by atoms with van der Waals surface area (Å²) in [5.41, 5.74) is 4.48. The van der Waals surface area contributed by atoms with Crippen LogP contribution in [-0.4, -0.2) is 44.4 Å². The van der Waals surface area contributed by atoms with Crippen LogP contribution in [-0.2, 0) is 17.8 Å². The second-order valence-corrected chi connectivity index (χ2v) is 10.9. The third-order valence-electron chi connectivity index (χ3n) is 6.26. The Morgan fingerprint density at radius 2 is 1.82 bits per heavy atom. The molecule has 2 N–H and O–H groups in total. The van der Waals surface area contributed by atoms with E-state index in [1.54, 1.807) is 31.4 Å². The van der Waals surface area contributed by atoms with Crippen molar-refractivity contribution in [3.8, 4) is 11.4 Å². The van der Waals surface area contributed by atoms with Crippen molar-refractivity contribution in [3.05, 3.63) is 89.2 Å². The number of nitrogens with zero attached hydrogens (tertiary/aromatic N) is 4. The Morgan fingerprint density at radius 3 is 2.58 bits per heavy atom. The van der Waals surface area contributed by atoms with Gasteiger partial charge in [0.05, 0.1) is 35.3 Å². The van der Waals surface area contributed by atoms with Crippen LogP contribution < -0.4 is 15.4 Å². The number of thiazole rings is 1. The van der Waals surface area contributed by atoms with Gasteiger partial charge in [-0.1, -0.05) is 60.4 Å². The maximum Gasteiger partial charge on any atom is 0.251 e. The van der Waals surface area contributed by atoms with E-state index >= 15 is 0 Å². The maximum absolute atomic E-state index is 12.8. The lowest BCUT2D eigenvalue weighted by molar-refractivity contribution is -0.113. The number of aromatic nitrogens is 4. The zero-order chi connectivity index (χ0) is 28.1. The zero-order valence-corrected chi connectivity index (χ0v) is 23.9. The van der Waals surface area contributed by atoms with E-state index in [0.29, 0.717) is 27.4 Å². The van der Waals surface area contributed by atoms with Crippen molar-refractivity contribution in [2.24, 2.45) is 0 Å². The predicted octanol–water partition coefficient (Wildman–Crippen LogP) is 5.42. The number of ether oxygens (including phenoxy) is 1. The summed E-state index contributed by atoms with van der Waals surface area (Å²) >= 11 is 2.72. The molecule has 11 heteroatoms. The number of nitrogens with one attached hydrogen (secondary N) is 2. The fourth-order valence-electron chi connectivity index (χ4n) is 4.27. The highest BCUT2D eigenvalue weighted by Crippen LogP contribution is 2.29. The number of thioether (sulfide) groups is 1. The molecule has 0 aliphatic rings. The van der Waals surface area contributed by atoms with Gasteiger partial charge in [-0.05, 0) is 60.9 Å². The van der Waals surface area contributed by atoms with Crippen molar-refractivity contribution in [2.45, 2.75) is 32.0 Å². The Morgan fingerprint density at radius 1 is 1.02 bits per heavy atom. The average Bonchev–Trinajstić information content (AvgIpc) is 3.57. The molecule has 0 unspecified atom stereocenters. The first-order chi connectivity index (χ1) is 19.5. The molecule has 0 bridgehead atoms. The van der Waals surface area contributed by atoms with Crippen LogP contribution in [0.15, 0.2) is 71.9 Å². The summed E-state index contributed by atoms with van der Waals surface area (Å²) in [5, 5.41) is 15.8. The van der Waals surface area contributed by atoms with Gasteiger partial charge in [0.15, 0.2) is 16.1 Å². The first-order valence-electron chi connectivity index (χ1n) is 12.7. The van der Waals surface area contributed by atoms with Gasteiger partial charge in [-0.25, -0.2) is 4.98 Å². The number of methoxy groups -OCH3 is 1. The summed E-state index contributed by atoms with van der Waals surface area (Å²) in [4.78, 5) is 30.2. The third-order valence-corrected chi connectivity index (χ3v) is 8.14. The summed E-state index contributed by atoms with van der Waals surface area (Å²) in [6.07, 6.45) is 0.801. The molecule has 9 nitrogen and oxygen atoms in total. The monoisotopic (exact) mass is 572 g/mol. The van der Waals surface area contributed by atoms with Crippen molar-refractivity contribution in [1.29, 1.82) is 0 Å². The molecule has 3 aromatic carbocycles. The van der Waals surface area contributed by atoms with Gasteiger partial charge in [0.25, 0.3) is 5.91 Å². The summed E-state index contributed by atoms with van der Waals surface area (Å²) < 4.78 is 8.13. The number of anilines is 1. The lowest BCUT2D eigenvalue weighted by atomic mass is 10.1. The molecular weight excluding hydrogens is 544 g/mol. The van der Waals surface area contributed by atoms with E-state index in [2.05, 4.69) is 38.8 Å². The minimum atomic E-state index is -0.234. The number of amides is 2. The molecule has 0 spiro atoms. The van der Waals surface area contributed by atoms with Crippen LogP contribution in [0.25, 0.3) is 15.9 Å². The van der Waals surface area contributed by atoms with Crippen LogP contribution >= 0.6 is 23.1 Å². The number of aryl methyl sites for hydroxylation is 2. The van der Waals surface area contributed by atoms with Crippen molar-refractivity contribution >= 4 is 50.3 Å². The van der Waals surface area contributed by atoms with Gasteiger partial charge in [0, 0.05) is 5.56 Å². The number of carbonyl (C=O) groups is 2. The van der Waals surface area contributed by atoms with E-state index < -0.39 is 0 Å². The summed E-state index contributed by atoms with van der Waals surface area (Å²) in [6.45, 7) is 4.28. The van der Waals surface area contributed by atoms with Gasteiger partial charge in [0.2, 0.25) is 5.91 Å². The molecule has 0 fully saturated rings. The minimum absolute atomic E-state index is 0.125. The summed E-state index contributed by atoms with van der Waals surface area (Å²) in [6, 6.07) is 20.8. The standard InChI is InChI=1S/C29H28N6O3S2/c1-4-19-9-7-8-18(2)26(19)35-24(16-30-27(37)20-12-14-21(38-3)15-13-20)33-34-29(35)39-17-25(36)32-28-31-22-10-5-6-11-23(22)40-28/h5-15H,4,16-17H2,1-3H3,(H,30,37)(H,31,32,36). The number of fused-ring (bicyclic) bond motifs is 1. The van der Waals surface area contributed by atoms with E-state index in [-0.39, 0.29) is 24.1 Å². The first-order valence-corrected chi connectivity index (χ1v) is 14.5. The topological polar surface area (TPSA) is 111 Å². The number of carbonyl (C=O) groups excluding carboxylic acids is 2. The van der Waals surface area contributed by atoms with E-state index in [1.165, 1.54) is 23.1 Å². The Bertz CT molecular complexity index is 1630. The van der Waals surface area contributed by atoms with Crippen LogP contribution in [0, 0.1) is 6.92 Å². The Kier molecular flexibility index (Phi) is 8.42.